The van der Waals surface area contributed by atoms with Crippen LogP contribution < -0.4 is 0 Å². The van der Waals surface area contributed by atoms with Crippen LogP contribution in [0.2, 0.25) is 0 Å². The van der Waals surface area contributed by atoms with Crippen molar-refractivity contribution in [3.8, 4) is 0 Å². The molecule has 2 aliphatic heterocycles. The number of benzene rings is 1. The Morgan fingerprint density at radius 2 is 1.88 bits per heavy atom. The Balaban J connectivity index is 1.87. The topological polar surface area (TPSA) is 55.8 Å². The van der Waals surface area contributed by atoms with E-state index in [1.807, 2.05) is 39.0 Å². The molecular formula is C20H28O4. The van der Waals surface area contributed by atoms with E-state index >= 15 is 0 Å². The fraction of sp³-hybridized carbons (Fsp3) is 0.650. The monoisotopic (exact) mass is 332 g/mol. The van der Waals surface area contributed by atoms with Crippen molar-refractivity contribution < 1.29 is 19.4 Å². The van der Waals surface area contributed by atoms with E-state index in [9.17, 15) is 9.90 Å². The Labute approximate surface area is 144 Å². The second-order valence-electron chi connectivity index (χ2n) is 8.27. The standard InChI is InChI=1S/C20H28O4/c1-14(21)19-13-23-17(15-8-6-5-7-9-15)11-10-16(19)12-20(22,24-19)18(2,3)4/h5-9,16-17,22H,10-13H2,1-4H3/t16-,17-,19+,20-/m0/s1. The van der Waals surface area contributed by atoms with Gasteiger partial charge < -0.3 is 14.6 Å². The van der Waals surface area contributed by atoms with Gasteiger partial charge in [-0.25, -0.2) is 0 Å². The predicted molar refractivity (Wildman–Crippen MR) is 91.4 cm³/mol. The lowest BCUT2D eigenvalue weighted by atomic mass is 9.77. The van der Waals surface area contributed by atoms with E-state index in [4.69, 9.17) is 9.47 Å². The number of fused-ring (bicyclic) bond motifs is 1. The molecule has 0 aromatic heterocycles. The van der Waals surface area contributed by atoms with Gasteiger partial charge in [-0.15, -0.1) is 0 Å². The van der Waals surface area contributed by atoms with Gasteiger partial charge in [0.05, 0.1) is 12.7 Å². The maximum atomic E-state index is 12.5. The molecule has 4 atom stereocenters. The number of hydrogen-bond acceptors (Lipinski definition) is 4. The smallest absolute Gasteiger partial charge is 0.172 e. The Morgan fingerprint density at radius 3 is 2.46 bits per heavy atom. The Kier molecular flexibility index (Phi) is 4.35. The van der Waals surface area contributed by atoms with E-state index in [-0.39, 0.29) is 24.4 Å². The number of aliphatic hydroxyl groups is 1. The summed E-state index contributed by atoms with van der Waals surface area (Å²) in [6.45, 7) is 7.58. The first-order chi connectivity index (χ1) is 11.2. The SMILES string of the molecule is CC(=O)[C@]12CO[C@H](c3ccccc3)CC[C@H]1C[C@@](O)(C(C)(C)C)O2. The molecule has 0 unspecified atom stereocenters. The van der Waals surface area contributed by atoms with E-state index in [1.54, 1.807) is 6.92 Å². The van der Waals surface area contributed by atoms with Crippen LogP contribution >= 0.6 is 0 Å². The van der Waals surface area contributed by atoms with E-state index in [2.05, 4.69) is 12.1 Å². The molecule has 0 saturated carbocycles. The third-order valence-corrected chi connectivity index (χ3v) is 5.75. The average Bonchev–Trinajstić information content (AvgIpc) is 2.72. The van der Waals surface area contributed by atoms with Gasteiger partial charge in [0.1, 0.15) is 0 Å². The summed E-state index contributed by atoms with van der Waals surface area (Å²) in [6.07, 6.45) is 2.07. The molecule has 1 aromatic carbocycles. The molecule has 0 spiro atoms. The zero-order chi connectivity index (χ0) is 17.6. The van der Waals surface area contributed by atoms with Gasteiger partial charge in [-0.05, 0) is 25.3 Å². The predicted octanol–water partition coefficient (Wildman–Crippen LogP) is 3.64. The first-order valence-corrected chi connectivity index (χ1v) is 8.78. The van der Waals surface area contributed by atoms with Crippen LogP contribution in [-0.4, -0.2) is 28.9 Å². The highest BCUT2D eigenvalue weighted by Crippen LogP contribution is 2.53. The van der Waals surface area contributed by atoms with E-state index in [0.717, 1.165) is 18.4 Å². The molecule has 1 aromatic rings. The zero-order valence-electron chi connectivity index (χ0n) is 15.0. The summed E-state index contributed by atoms with van der Waals surface area (Å²) in [5.41, 5.74) is -0.367. The number of carbonyl (C=O) groups is 1. The highest BCUT2D eigenvalue weighted by molar-refractivity contribution is 5.86. The fourth-order valence-corrected chi connectivity index (χ4v) is 3.92. The molecule has 0 bridgehead atoms. The minimum Gasteiger partial charge on any atom is -0.370 e. The molecule has 2 fully saturated rings. The van der Waals surface area contributed by atoms with Crippen LogP contribution in [0.4, 0.5) is 0 Å². The van der Waals surface area contributed by atoms with Crippen molar-refractivity contribution >= 4 is 5.78 Å². The van der Waals surface area contributed by atoms with Crippen molar-refractivity contribution in [2.24, 2.45) is 11.3 Å². The van der Waals surface area contributed by atoms with Crippen LogP contribution in [0.5, 0.6) is 0 Å². The number of hydrogen-bond donors (Lipinski definition) is 1. The summed E-state index contributed by atoms with van der Waals surface area (Å²) < 4.78 is 12.2. The molecule has 4 heteroatoms. The van der Waals surface area contributed by atoms with Gasteiger partial charge in [0.25, 0.3) is 0 Å². The van der Waals surface area contributed by atoms with E-state index in [0.29, 0.717) is 6.42 Å². The third-order valence-electron chi connectivity index (χ3n) is 5.75. The van der Waals surface area contributed by atoms with Crippen molar-refractivity contribution in [1.82, 2.24) is 0 Å². The highest BCUT2D eigenvalue weighted by atomic mass is 16.7. The quantitative estimate of drug-likeness (QED) is 0.898. The van der Waals surface area contributed by atoms with Gasteiger partial charge in [0.15, 0.2) is 17.2 Å². The largest absolute Gasteiger partial charge is 0.370 e. The second kappa shape index (κ2) is 5.94. The maximum absolute atomic E-state index is 12.5. The number of Topliss-reactive ketones (excluding diaryl/α,β-unsaturated/α-hetero) is 1. The van der Waals surface area contributed by atoms with Gasteiger partial charge in [0, 0.05) is 17.8 Å². The van der Waals surface area contributed by atoms with Crippen molar-refractivity contribution in [1.29, 1.82) is 0 Å². The molecule has 132 valence electrons. The minimum absolute atomic E-state index is 0.0204. The Hall–Kier alpha value is -1.23. The second-order valence-corrected chi connectivity index (χ2v) is 8.27. The van der Waals surface area contributed by atoms with Gasteiger partial charge in [-0.2, -0.15) is 0 Å². The summed E-state index contributed by atoms with van der Waals surface area (Å²) in [7, 11) is 0. The molecule has 0 radical (unpaired) electrons. The van der Waals surface area contributed by atoms with Crippen LogP contribution in [0.1, 0.15) is 58.6 Å². The lowest BCUT2D eigenvalue weighted by molar-refractivity contribution is -0.276. The molecule has 3 rings (SSSR count). The molecular weight excluding hydrogens is 304 g/mol. The molecule has 24 heavy (non-hydrogen) atoms. The fourth-order valence-electron chi connectivity index (χ4n) is 3.92. The van der Waals surface area contributed by atoms with Crippen LogP contribution in [0, 0.1) is 11.3 Å². The summed E-state index contributed by atoms with van der Waals surface area (Å²) in [5.74, 6) is -1.37. The molecule has 4 nitrogen and oxygen atoms in total. The maximum Gasteiger partial charge on any atom is 0.172 e. The normalized spacial score (nSPS) is 36.9. The summed E-state index contributed by atoms with van der Waals surface area (Å²) >= 11 is 0. The van der Waals surface area contributed by atoms with Crippen molar-refractivity contribution in [3.63, 3.8) is 0 Å². The third kappa shape index (κ3) is 2.81. The number of carbonyl (C=O) groups excluding carboxylic acids is 1. The lowest BCUT2D eigenvalue weighted by Gasteiger charge is -2.39. The number of rotatable bonds is 2. The van der Waals surface area contributed by atoms with Gasteiger partial charge in [-0.1, -0.05) is 51.1 Å². The van der Waals surface area contributed by atoms with Crippen LogP contribution in [-0.2, 0) is 14.3 Å². The van der Waals surface area contributed by atoms with Crippen molar-refractivity contribution in [2.75, 3.05) is 6.61 Å². The van der Waals surface area contributed by atoms with Crippen LogP contribution in [0.3, 0.4) is 0 Å². The molecule has 2 heterocycles. The van der Waals surface area contributed by atoms with Crippen molar-refractivity contribution in [2.45, 2.75) is 64.4 Å². The lowest BCUT2D eigenvalue weighted by Crippen LogP contribution is -2.50. The van der Waals surface area contributed by atoms with Crippen LogP contribution in [0.25, 0.3) is 0 Å². The number of ether oxygens (including phenoxy) is 2. The van der Waals surface area contributed by atoms with E-state index < -0.39 is 16.8 Å². The highest BCUT2D eigenvalue weighted by Gasteiger charge is 2.62. The summed E-state index contributed by atoms with van der Waals surface area (Å²) in [5, 5.41) is 11.0. The Bertz CT molecular complexity index is 606. The first kappa shape index (κ1) is 17.6. The van der Waals surface area contributed by atoms with E-state index in [1.165, 1.54) is 0 Å². The first-order valence-electron chi connectivity index (χ1n) is 8.78. The van der Waals surface area contributed by atoms with Gasteiger partial charge in [0.2, 0.25) is 0 Å². The number of ketones is 1. The van der Waals surface area contributed by atoms with Gasteiger partial charge >= 0.3 is 0 Å². The van der Waals surface area contributed by atoms with Gasteiger partial charge in [-0.3, -0.25) is 4.79 Å². The average molecular weight is 332 g/mol. The van der Waals surface area contributed by atoms with Crippen LogP contribution in [0.15, 0.2) is 30.3 Å². The zero-order valence-corrected chi connectivity index (χ0v) is 15.0. The minimum atomic E-state index is -1.30. The molecule has 2 saturated heterocycles. The molecule has 2 aliphatic rings. The van der Waals surface area contributed by atoms with Crippen molar-refractivity contribution in [3.05, 3.63) is 35.9 Å². The molecule has 1 N–H and O–H groups in total. The molecule has 0 aliphatic carbocycles. The summed E-state index contributed by atoms with van der Waals surface area (Å²) in [4.78, 5) is 12.5. The molecule has 0 amide bonds. The summed E-state index contributed by atoms with van der Waals surface area (Å²) in [6, 6.07) is 10.1. The Morgan fingerprint density at radius 1 is 1.21 bits per heavy atom.